The van der Waals surface area contributed by atoms with Crippen molar-refractivity contribution in [1.82, 2.24) is 15.0 Å². The predicted molar refractivity (Wildman–Crippen MR) is 235 cm³/mol. The van der Waals surface area contributed by atoms with Gasteiger partial charge in [-0.3, -0.25) is 0 Å². The van der Waals surface area contributed by atoms with Crippen molar-refractivity contribution < 1.29 is 0 Å². The number of aromatic nitrogens is 3. The molecule has 0 radical (unpaired) electrons. The molecule has 7 aromatic rings. The SMILES string of the molecule is CC1(C)C2=C(C=CCC2)c2nc(-c3ccc(-c4cc(-c5ccc6c(n5)-c5ccccc5C6(C)C)cc(-c5ccc6c(n5)-c5ccccc5C6(C)C)c4)cc3)ccc21. The number of nitrogens with zero attached hydrogens (tertiary/aromatic N) is 3. The molecule has 4 aliphatic rings. The van der Waals surface area contributed by atoms with Gasteiger partial charge in [-0.15, -0.1) is 0 Å². The third-order valence-electron chi connectivity index (χ3n) is 13.6. The van der Waals surface area contributed by atoms with Gasteiger partial charge >= 0.3 is 0 Å². The van der Waals surface area contributed by atoms with Crippen LogP contribution >= 0.6 is 0 Å². The van der Waals surface area contributed by atoms with E-state index in [0.29, 0.717) is 0 Å². The summed E-state index contributed by atoms with van der Waals surface area (Å²) in [6.07, 6.45) is 6.81. The maximum Gasteiger partial charge on any atom is 0.0753 e. The Morgan fingerprint density at radius 2 is 0.860 bits per heavy atom. The van der Waals surface area contributed by atoms with Crippen molar-refractivity contribution in [3.8, 4) is 67.4 Å². The van der Waals surface area contributed by atoms with Gasteiger partial charge in [0, 0.05) is 49.6 Å². The highest BCUT2D eigenvalue weighted by molar-refractivity contribution is 5.87. The zero-order valence-corrected chi connectivity index (χ0v) is 33.5. The van der Waals surface area contributed by atoms with Crippen LogP contribution in [0.5, 0.6) is 0 Å². The molecule has 0 unspecified atom stereocenters. The topological polar surface area (TPSA) is 38.7 Å². The Balaban J connectivity index is 1.03. The third kappa shape index (κ3) is 4.94. The van der Waals surface area contributed by atoms with Crippen molar-refractivity contribution in [3.63, 3.8) is 0 Å². The number of allylic oxidation sites excluding steroid dienone is 4. The number of hydrogen-bond acceptors (Lipinski definition) is 3. The minimum Gasteiger partial charge on any atom is -0.247 e. The molecule has 3 aromatic heterocycles. The van der Waals surface area contributed by atoms with Gasteiger partial charge < -0.3 is 0 Å². The molecule has 0 fully saturated rings. The largest absolute Gasteiger partial charge is 0.247 e. The van der Waals surface area contributed by atoms with Crippen LogP contribution < -0.4 is 0 Å². The summed E-state index contributed by atoms with van der Waals surface area (Å²) in [6, 6.07) is 46.8. The second kappa shape index (κ2) is 11.9. The molecule has 4 aliphatic carbocycles. The van der Waals surface area contributed by atoms with Gasteiger partial charge in [-0.25, -0.2) is 15.0 Å². The molecular weight excluding hydrogens is 691 g/mol. The highest BCUT2D eigenvalue weighted by Crippen LogP contribution is 2.51. The highest BCUT2D eigenvalue weighted by atomic mass is 14.8. The lowest BCUT2D eigenvalue weighted by Crippen LogP contribution is -2.17. The summed E-state index contributed by atoms with van der Waals surface area (Å²) >= 11 is 0. The Labute approximate surface area is 336 Å². The van der Waals surface area contributed by atoms with Gasteiger partial charge in [-0.05, 0) is 88.2 Å². The fourth-order valence-electron chi connectivity index (χ4n) is 10.4. The molecule has 0 saturated heterocycles. The molecule has 276 valence electrons. The standard InChI is InChI=1S/C54H45N3/c1-52(2)40-16-10-7-13-37(40)49-43(52)23-26-46(55-49)33-21-19-32(20-22-33)34-29-35(47-27-24-44-50(56-47)38-14-8-11-17-41(38)53(44,3)4)31-36(30-34)48-28-25-45-51(57-48)39-15-9-12-18-42(39)54(45,5)6/h7-9,11-15,17-31H,10,16H2,1-6H3. The molecule has 4 aromatic carbocycles. The van der Waals surface area contributed by atoms with Crippen LogP contribution in [0.2, 0.25) is 0 Å². The maximum atomic E-state index is 5.42. The van der Waals surface area contributed by atoms with Crippen LogP contribution in [-0.2, 0) is 16.2 Å². The zero-order valence-electron chi connectivity index (χ0n) is 33.5. The summed E-state index contributed by atoms with van der Waals surface area (Å²) in [5.41, 5.74) is 23.5. The summed E-state index contributed by atoms with van der Waals surface area (Å²) in [7, 11) is 0. The van der Waals surface area contributed by atoms with Crippen molar-refractivity contribution in [2.45, 2.75) is 70.6 Å². The van der Waals surface area contributed by atoms with Crippen LogP contribution in [0, 0.1) is 0 Å². The van der Waals surface area contributed by atoms with Crippen LogP contribution in [0.1, 0.15) is 87.9 Å². The lowest BCUT2D eigenvalue weighted by molar-refractivity contribution is 0.606. The quantitative estimate of drug-likeness (QED) is 0.181. The summed E-state index contributed by atoms with van der Waals surface area (Å²) in [6.45, 7) is 13.9. The third-order valence-corrected chi connectivity index (χ3v) is 13.6. The Morgan fingerprint density at radius 1 is 0.404 bits per heavy atom. The smallest absolute Gasteiger partial charge is 0.0753 e. The molecule has 0 aliphatic heterocycles. The van der Waals surface area contributed by atoms with E-state index in [2.05, 4.69) is 181 Å². The van der Waals surface area contributed by atoms with Crippen molar-refractivity contribution in [2.24, 2.45) is 0 Å². The molecular formula is C54H45N3. The molecule has 0 spiro atoms. The molecule has 3 nitrogen and oxygen atoms in total. The van der Waals surface area contributed by atoms with Gasteiger partial charge in [0.15, 0.2) is 0 Å². The summed E-state index contributed by atoms with van der Waals surface area (Å²) in [4.78, 5) is 16.1. The molecule has 0 amide bonds. The van der Waals surface area contributed by atoms with Gasteiger partial charge in [0.2, 0.25) is 0 Å². The first-order valence-electron chi connectivity index (χ1n) is 20.4. The van der Waals surface area contributed by atoms with E-state index in [-0.39, 0.29) is 16.2 Å². The average molecular weight is 736 g/mol. The van der Waals surface area contributed by atoms with Crippen LogP contribution in [0.25, 0.3) is 73.0 Å². The van der Waals surface area contributed by atoms with Crippen molar-refractivity contribution in [2.75, 3.05) is 0 Å². The lowest BCUT2D eigenvalue weighted by Gasteiger charge is -2.25. The molecule has 3 heterocycles. The first kappa shape index (κ1) is 34.1. The maximum absolute atomic E-state index is 5.42. The number of benzene rings is 4. The van der Waals surface area contributed by atoms with E-state index in [1.165, 1.54) is 50.1 Å². The minimum atomic E-state index is -0.0964. The second-order valence-corrected chi connectivity index (χ2v) is 18.0. The van der Waals surface area contributed by atoms with Gasteiger partial charge in [0.25, 0.3) is 0 Å². The Morgan fingerprint density at radius 3 is 1.42 bits per heavy atom. The first-order valence-corrected chi connectivity index (χ1v) is 20.4. The fraction of sp³-hybridized carbons (Fsp3) is 0.204. The van der Waals surface area contributed by atoms with Gasteiger partial charge in [0.05, 0.1) is 34.2 Å². The Hall–Kier alpha value is -6.19. The molecule has 0 bridgehead atoms. The van der Waals surface area contributed by atoms with Gasteiger partial charge in [-0.1, -0.05) is 150 Å². The van der Waals surface area contributed by atoms with E-state index in [4.69, 9.17) is 15.0 Å². The van der Waals surface area contributed by atoms with Crippen LogP contribution in [-0.4, -0.2) is 15.0 Å². The first-order chi connectivity index (χ1) is 27.5. The fourth-order valence-corrected chi connectivity index (χ4v) is 10.4. The van der Waals surface area contributed by atoms with Crippen molar-refractivity contribution >= 4 is 5.57 Å². The van der Waals surface area contributed by atoms with E-state index in [1.807, 2.05) is 0 Å². The molecule has 0 saturated carbocycles. The van der Waals surface area contributed by atoms with Crippen LogP contribution in [0.3, 0.4) is 0 Å². The van der Waals surface area contributed by atoms with Crippen molar-refractivity contribution in [3.05, 3.63) is 179 Å². The summed E-state index contributed by atoms with van der Waals surface area (Å²) in [5.74, 6) is 0. The normalized spacial score (nSPS) is 17.1. The van der Waals surface area contributed by atoms with Gasteiger partial charge in [0.1, 0.15) is 0 Å². The molecule has 3 heteroatoms. The number of fused-ring (bicyclic) bond motifs is 8. The van der Waals surface area contributed by atoms with Crippen LogP contribution in [0.4, 0.5) is 0 Å². The summed E-state index contributed by atoms with van der Waals surface area (Å²) in [5, 5.41) is 0. The Kier molecular flexibility index (Phi) is 7.12. The second-order valence-electron chi connectivity index (χ2n) is 18.0. The van der Waals surface area contributed by atoms with E-state index < -0.39 is 0 Å². The predicted octanol–water partition coefficient (Wildman–Crippen LogP) is 13.5. The number of rotatable bonds is 4. The summed E-state index contributed by atoms with van der Waals surface area (Å²) < 4.78 is 0. The Bertz CT molecular complexity index is 2790. The molecule has 11 rings (SSSR count). The molecule has 0 N–H and O–H groups in total. The van der Waals surface area contributed by atoms with E-state index in [1.54, 1.807) is 0 Å². The molecule has 0 atom stereocenters. The van der Waals surface area contributed by atoms with Gasteiger partial charge in [-0.2, -0.15) is 0 Å². The van der Waals surface area contributed by atoms with E-state index in [0.717, 1.165) is 74.8 Å². The minimum absolute atomic E-state index is 0.0219. The lowest BCUT2D eigenvalue weighted by atomic mass is 9.79. The molecule has 57 heavy (non-hydrogen) atoms. The number of pyridine rings is 3. The zero-order chi connectivity index (χ0) is 38.8. The van der Waals surface area contributed by atoms with Crippen molar-refractivity contribution in [1.29, 1.82) is 0 Å². The average Bonchev–Trinajstić information content (AvgIpc) is 3.72. The highest BCUT2D eigenvalue weighted by Gasteiger charge is 2.39. The van der Waals surface area contributed by atoms with Crippen LogP contribution in [0.15, 0.2) is 145 Å². The monoisotopic (exact) mass is 735 g/mol. The number of hydrogen-bond donors (Lipinski definition) is 0. The van der Waals surface area contributed by atoms with E-state index in [9.17, 15) is 0 Å². The van der Waals surface area contributed by atoms with E-state index >= 15 is 0 Å².